The molecule has 1 aliphatic heterocycles. The molecule has 0 saturated carbocycles. The molecule has 0 spiro atoms. The molecule has 0 aliphatic carbocycles. The molecule has 0 bridgehead atoms. The molecule has 23 heavy (non-hydrogen) atoms. The van der Waals surface area contributed by atoms with Crippen LogP contribution < -0.4 is 5.73 Å². The first-order valence-corrected chi connectivity index (χ1v) is 6.77. The van der Waals surface area contributed by atoms with Crippen molar-refractivity contribution in [2.45, 2.75) is 30.6 Å². The third-order valence-electron chi connectivity index (χ3n) is 3.53. The second kappa shape index (κ2) is 5.54. The normalized spacial score (nSPS) is 29.0. The standard InChI is InChI=1S/C11H12ClN5O6/c12-11-15-7(13)2-8(16-11)17(1-14-2)9-4(19)3(18)6(23-9)5(20)10(21)22/h1,3-6,9,18-20H,(H,21,22)(H2,13,15,16)/t3?,4?,5?,6-,9+/m0/s1. The highest BCUT2D eigenvalue weighted by molar-refractivity contribution is 6.28. The fourth-order valence-electron chi connectivity index (χ4n) is 2.41. The maximum Gasteiger partial charge on any atom is 0.335 e. The van der Waals surface area contributed by atoms with Crippen LogP contribution in [-0.4, -0.2) is 70.3 Å². The number of ether oxygens (including phenoxy) is 1. The molecule has 0 aromatic carbocycles. The zero-order valence-electron chi connectivity index (χ0n) is 11.3. The summed E-state index contributed by atoms with van der Waals surface area (Å²) in [6.45, 7) is 0. The van der Waals surface area contributed by atoms with Crippen molar-refractivity contribution in [1.82, 2.24) is 19.5 Å². The van der Waals surface area contributed by atoms with Gasteiger partial charge in [0.05, 0.1) is 6.33 Å². The van der Waals surface area contributed by atoms with Gasteiger partial charge in [-0.3, -0.25) is 4.57 Å². The summed E-state index contributed by atoms with van der Waals surface area (Å²) in [4.78, 5) is 22.5. The Kier molecular flexibility index (Phi) is 3.82. The molecular formula is C11H12ClN5O6. The van der Waals surface area contributed by atoms with Crippen LogP contribution >= 0.6 is 11.6 Å². The molecule has 2 aromatic rings. The number of nitrogen functional groups attached to an aromatic ring is 1. The van der Waals surface area contributed by atoms with Crippen LogP contribution in [0.5, 0.6) is 0 Å². The molecule has 3 heterocycles. The predicted octanol–water partition coefficient (Wildman–Crippen LogP) is -1.87. The maximum absolute atomic E-state index is 10.8. The molecule has 1 aliphatic rings. The molecule has 2 aromatic heterocycles. The second-order valence-corrected chi connectivity index (χ2v) is 5.30. The molecule has 3 unspecified atom stereocenters. The van der Waals surface area contributed by atoms with Gasteiger partial charge in [-0.25, -0.2) is 9.78 Å². The summed E-state index contributed by atoms with van der Waals surface area (Å²) in [5, 5.41) is 38.2. The fraction of sp³-hybridized carbons (Fsp3) is 0.455. The molecule has 12 heteroatoms. The number of carboxylic acid groups (broad SMARTS) is 1. The van der Waals surface area contributed by atoms with Crippen LogP contribution in [0.4, 0.5) is 5.82 Å². The van der Waals surface area contributed by atoms with Crippen LogP contribution in [0.15, 0.2) is 6.33 Å². The lowest BCUT2D eigenvalue weighted by atomic mass is 10.1. The van der Waals surface area contributed by atoms with Gasteiger partial charge in [0.1, 0.15) is 23.8 Å². The fourth-order valence-corrected chi connectivity index (χ4v) is 2.58. The van der Waals surface area contributed by atoms with E-state index in [1.807, 2.05) is 0 Å². The minimum absolute atomic E-state index is 0.00825. The quantitative estimate of drug-likeness (QED) is 0.396. The van der Waals surface area contributed by atoms with E-state index in [1.54, 1.807) is 0 Å². The highest BCUT2D eigenvalue weighted by Gasteiger charge is 2.49. The number of carboxylic acids is 1. The number of aromatic nitrogens is 4. The molecule has 1 fully saturated rings. The predicted molar refractivity (Wildman–Crippen MR) is 74.3 cm³/mol. The first-order valence-electron chi connectivity index (χ1n) is 6.39. The Morgan fingerprint density at radius 3 is 2.74 bits per heavy atom. The summed E-state index contributed by atoms with van der Waals surface area (Å²) in [5.74, 6) is -1.58. The smallest absolute Gasteiger partial charge is 0.335 e. The maximum atomic E-state index is 10.8. The van der Waals surface area contributed by atoms with Gasteiger partial charge in [-0.1, -0.05) is 0 Å². The van der Waals surface area contributed by atoms with E-state index >= 15 is 0 Å². The van der Waals surface area contributed by atoms with Gasteiger partial charge in [-0.15, -0.1) is 0 Å². The summed E-state index contributed by atoms with van der Waals surface area (Å²) in [5.41, 5.74) is 5.99. The van der Waals surface area contributed by atoms with Gasteiger partial charge < -0.3 is 30.9 Å². The Morgan fingerprint density at radius 2 is 2.09 bits per heavy atom. The van der Waals surface area contributed by atoms with Crippen LogP contribution in [0, 0.1) is 0 Å². The minimum Gasteiger partial charge on any atom is -0.479 e. The summed E-state index contributed by atoms with van der Waals surface area (Å²) in [6.07, 6.45) is -6.71. The molecule has 3 rings (SSSR count). The van der Waals surface area contributed by atoms with Gasteiger partial charge >= 0.3 is 5.97 Å². The van der Waals surface area contributed by atoms with Crippen LogP contribution in [0.25, 0.3) is 11.2 Å². The highest BCUT2D eigenvalue weighted by atomic mass is 35.5. The lowest BCUT2D eigenvalue weighted by Gasteiger charge is -2.17. The van der Waals surface area contributed by atoms with Crippen LogP contribution in [0.1, 0.15) is 6.23 Å². The van der Waals surface area contributed by atoms with Gasteiger partial charge in [0.2, 0.25) is 5.28 Å². The first kappa shape index (κ1) is 15.8. The van der Waals surface area contributed by atoms with Crippen molar-refractivity contribution in [2.75, 3.05) is 5.73 Å². The lowest BCUT2D eigenvalue weighted by molar-refractivity contribution is -0.160. The molecule has 0 radical (unpaired) electrons. The Morgan fingerprint density at radius 1 is 1.39 bits per heavy atom. The Labute approximate surface area is 132 Å². The first-order chi connectivity index (χ1) is 10.8. The molecule has 1 saturated heterocycles. The summed E-state index contributed by atoms with van der Waals surface area (Å²) >= 11 is 5.73. The Hall–Kier alpha value is -2.05. The van der Waals surface area contributed by atoms with E-state index in [2.05, 4.69) is 15.0 Å². The average molecular weight is 346 g/mol. The molecule has 124 valence electrons. The van der Waals surface area contributed by atoms with E-state index in [9.17, 15) is 20.1 Å². The van der Waals surface area contributed by atoms with Crippen LogP contribution in [0.2, 0.25) is 5.28 Å². The Balaban J connectivity index is 2.01. The van der Waals surface area contributed by atoms with Crippen molar-refractivity contribution in [3.63, 3.8) is 0 Å². The minimum atomic E-state index is -2.01. The highest BCUT2D eigenvalue weighted by Crippen LogP contribution is 2.33. The summed E-state index contributed by atoms with van der Waals surface area (Å²) in [6, 6.07) is 0. The second-order valence-electron chi connectivity index (χ2n) is 4.96. The third-order valence-corrected chi connectivity index (χ3v) is 3.70. The van der Waals surface area contributed by atoms with Gasteiger partial charge in [-0.05, 0) is 11.6 Å². The third kappa shape index (κ3) is 2.48. The number of aliphatic hydroxyl groups excluding tert-OH is 3. The van der Waals surface area contributed by atoms with Gasteiger partial charge in [0.25, 0.3) is 0 Å². The SMILES string of the molecule is Nc1nc(Cl)nc2c1ncn2[C@@H]1O[C@H](C(O)C(=O)O)C(O)C1O. The molecule has 5 atom stereocenters. The van der Waals surface area contributed by atoms with Crippen molar-refractivity contribution in [3.8, 4) is 0 Å². The van der Waals surface area contributed by atoms with Crippen molar-refractivity contribution >= 4 is 34.6 Å². The molecule has 0 amide bonds. The zero-order chi connectivity index (χ0) is 16.9. The number of halogens is 1. The zero-order valence-corrected chi connectivity index (χ0v) is 12.1. The van der Waals surface area contributed by atoms with Crippen LogP contribution in [0.3, 0.4) is 0 Å². The van der Waals surface area contributed by atoms with Crippen molar-refractivity contribution in [2.24, 2.45) is 0 Å². The Bertz CT molecular complexity index is 769. The number of aliphatic carboxylic acids is 1. The van der Waals surface area contributed by atoms with Crippen LogP contribution in [-0.2, 0) is 9.53 Å². The number of hydrogen-bond acceptors (Lipinski definition) is 9. The molecular weight excluding hydrogens is 334 g/mol. The van der Waals surface area contributed by atoms with Crippen molar-refractivity contribution < 1.29 is 30.0 Å². The number of carbonyl (C=O) groups is 1. The molecule has 6 N–H and O–H groups in total. The van der Waals surface area contributed by atoms with E-state index in [1.165, 1.54) is 10.9 Å². The van der Waals surface area contributed by atoms with Crippen molar-refractivity contribution in [3.05, 3.63) is 11.6 Å². The largest absolute Gasteiger partial charge is 0.479 e. The number of rotatable bonds is 3. The van der Waals surface area contributed by atoms with E-state index in [4.69, 9.17) is 27.2 Å². The van der Waals surface area contributed by atoms with Gasteiger partial charge in [0, 0.05) is 0 Å². The topological polar surface area (TPSA) is 177 Å². The lowest BCUT2D eigenvalue weighted by Crippen LogP contribution is -2.42. The number of hydrogen-bond donors (Lipinski definition) is 5. The van der Waals surface area contributed by atoms with Gasteiger partial charge in [0.15, 0.2) is 23.8 Å². The number of fused-ring (bicyclic) bond motifs is 1. The monoisotopic (exact) mass is 345 g/mol. The number of aliphatic hydroxyl groups is 3. The van der Waals surface area contributed by atoms with E-state index in [0.29, 0.717) is 0 Å². The van der Waals surface area contributed by atoms with Gasteiger partial charge in [-0.2, -0.15) is 9.97 Å². The van der Waals surface area contributed by atoms with E-state index in [-0.39, 0.29) is 22.3 Å². The molecule has 11 nitrogen and oxygen atoms in total. The number of nitrogens with zero attached hydrogens (tertiary/aromatic N) is 4. The summed E-state index contributed by atoms with van der Waals surface area (Å²) < 4.78 is 6.51. The van der Waals surface area contributed by atoms with E-state index in [0.717, 1.165) is 0 Å². The number of nitrogens with two attached hydrogens (primary N) is 1. The summed E-state index contributed by atoms with van der Waals surface area (Å²) in [7, 11) is 0. The number of anilines is 1. The average Bonchev–Trinajstić information content (AvgIpc) is 3.01. The number of imidazole rings is 1. The van der Waals surface area contributed by atoms with E-state index < -0.39 is 36.6 Å². The van der Waals surface area contributed by atoms with Crippen molar-refractivity contribution in [1.29, 1.82) is 0 Å².